The first-order chi connectivity index (χ1) is 17.0. The first-order valence-electron chi connectivity index (χ1n) is 12.5. The minimum atomic E-state index is -0.257. The molecule has 3 heterocycles. The van der Waals surface area contributed by atoms with Gasteiger partial charge in [0.2, 0.25) is 11.8 Å². The normalized spacial score (nSPS) is 19.7. The number of nitrogens with one attached hydrogen (secondary N) is 1. The molecule has 0 spiro atoms. The minimum Gasteiger partial charge on any atom is -0.358 e. The molecule has 1 N–H and O–H groups in total. The Labute approximate surface area is 210 Å². The molecular formula is C27H32N4O3S. The van der Waals surface area contributed by atoms with Crippen LogP contribution in [0.1, 0.15) is 48.9 Å². The predicted octanol–water partition coefficient (Wildman–Crippen LogP) is 4.38. The summed E-state index contributed by atoms with van der Waals surface area (Å²) in [6.45, 7) is 2.26. The SMILES string of the molecule is CSc1cccc(NC(=O)CN2C(=O)[C@H]3CCCCN3c3ccc(C(=O)N4CCCCC4)cc32)c1. The molecule has 8 heteroatoms. The molecule has 3 aliphatic heterocycles. The van der Waals surface area contributed by atoms with Gasteiger partial charge < -0.3 is 15.1 Å². The fourth-order valence-electron chi connectivity index (χ4n) is 5.38. The van der Waals surface area contributed by atoms with Gasteiger partial charge in [0.1, 0.15) is 12.6 Å². The lowest BCUT2D eigenvalue weighted by molar-refractivity contribution is -0.123. The number of fused-ring (bicyclic) bond motifs is 3. The molecule has 2 saturated heterocycles. The Kier molecular flexibility index (Phi) is 7.00. The van der Waals surface area contributed by atoms with Crippen molar-refractivity contribution in [2.45, 2.75) is 49.5 Å². The molecule has 7 nitrogen and oxygen atoms in total. The second-order valence-corrected chi connectivity index (χ2v) is 10.3. The molecule has 1 atom stereocenters. The molecule has 5 rings (SSSR count). The van der Waals surface area contributed by atoms with Crippen LogP contribution in [0.4, 0.5) is 17.1 Å². The monoisotopic (exact) mass is 492 g/mol. The van der Waals surface area contributed by atoms with Crippen molar-refractivity contribution >= 4 is 46.5 Å². The van der Waals surface area contributed by atoms with E-state index in [1.165, 1.54) is 0 Å². The van der Waals surface area contributed by atoms with E-state index < -0.39 is 0 Å². The lowest BCUT2D eigenvalue weighted by atomic mass is 9.95. The van der Waals surface area contributed by atoms with Crippen molar-refractivity contribution in [2.75, 3.05) is 47.6 Å². The Morgan fingerprint density at radius 1 is 0.971 bits per heavy atom. The van der Waals surface area contributed by atoms with E-state index in [2.05, 4.69) is 10.2 Å². The summed E-state index contributed by atoms with van der Waals surface area (Å²) in [6.07, 6.45) is 7.99. The van der Waals surface area contributed by atoms with Crippen LogP contribution in [0.3, 0.4) is 0 Å². The third-order valence-electron chi connectivity index (χ3n) is 7.17. The van der Waals surface area contributed by atoms with Crippen molar-refractivity contribution in [3.63, 3.8) is 0 Å². The van der Waals surface area contributed by atoms with Gasteiger partial charge >= 0.3 is 0 Å². The number of benzene rings is 2. The van der Waals surface area contributed by atoms with Gasteiger partial charge in [-0.2, -0.15) is 0 Å². The topological polar surface area (TPSA) is 73.0 Å². The van der Waals surface area contributed by atoms with Crippen molar-refractivity contribution in [1.29, 1.82) is 0 Å². The maximum Gasteiger partial charge on any atom is 0.253 e. The van der Waals surface area contributed by atoms with Gasteiger partial charge in [-0.25, -0.2) is 0 Å². The molecule has 2 aromatic carbocycles. The Hall–Kier alpha value is -3.00. The number of carbonyl (C=O) groups excluding carboxylic acids is 3. The van der Waals surface area contributed by atoms with Crippen LogP contribution in [0.5, 0.6) is 0 Å². The number of piperidine rings is 2. The third-order valence-corrected chi connectivity index (χ3v) is 7.90. The highest BCUT2D eigenvalue weighted by Crippen LogP contribution is 2.40. The predicted molar refractivity (Wildman–Crippen MR) is 140 cm³/mol. The number of hydrogen-bond acceptors (Lipinski definition) is 5. The lowest BCUT2D eigenvalue weighted by Crippen LogP contribution is -2.56. The first-order valence-corrected chi connectivity index (χ1v) is 13.7. The maximum absolute atomic E-state index is 13.6. The zero-order valence-corrected chi connectivity index (χ0v) is 21.0. The van der Waals surface area contributed by atoms with Crippen LogP contribution in [-0.4, -0.2) is 61.1 Å². The summed E-state index contributed by atoms with van der Waals surface area (Å²) in [7, 11) is 0. The van der Waals surface area contributed by atoms with Crippen molar-refractivity contribution in [2.24, 2.45) is 0 Å². The molecule has 2 aromatic rings. The van der Waals surface area contributed by atoms with Gasteiger partial charge in [-0.3, -0.25) is 19.3 Å². The summed E-state index contributed by atoms with van der Waals surface area (Å²) < 4.78 is 0. The summed E-state index contributed by atoms with van der Waals surface area (Å²) >= 11 is 1.61. The summed E-state index contributed by atoms with van der Waals surface area (Å²) in [5, 5.41) is 2.94. The number of thioether (sulfide) groups is 1. The van der Waals surface area contributed by atoms with E-state index in [4.69, 9.17) is 0 Å². The van der Waals surface area contributed by atoms with Crippen molar-refractivity contribution < 1.29 is 14.4 Å². The Morgan fingerprint density at radius 2 is 1.77 bits per heavy atom. The van der Waals surface area contributed by atoms with Crippen LogP contribution in [0.2, 0.25) is 0 Å². The second-order valence-electron chi connectivity index (χ2n) is 9.47. The summed E-state index contributed by atoms with van der Waals surface area (Å²) in [5.74, 6) is -0.314. The molecule has 184 valence electrons. The highest BCUT2D eigenvalue weighted by atomic mass is 32.2. The fraction of sp³-hybridized carbons (Fsp3) is 0.444. The number of anilines is 3. The quantitative estimate of drug-likeness (QED) is 0.627. The van der Waals surface area contributed by atoms with Crippen LogP contribution in [-0.2, 0) is 9.59 Å². The fourth-order valence-corrected chi connectivity index (χ4v) is 5.84. The van der Waals surface area contributed by atoms with Crippen molar-refractivity contribution in [3.05, 3.63) is 48.0 Å². The summed E-state index contributed by atoms with van der Waals surface area (Å²) in [6, 6.07) is 13.1. The standard InChI is InChI=1S/C27H32N4O3S/c1-35-21-9-7-8-20(17-21)28-25(32)18-31-24-16-19(26(33)29-13-4-2-5-14-29)11-12-22(24)30-15-6-3-10-23(30)27(31)34/h7-9,11-12,16-17,23H,2-6,10,13-15,18H2,1H3,(H,28,32)/t23-/m1/s1. The van der Waals surface area contributed by atoms with E-state index in [1.807, 2.05) is 53.6 Å². The highest BCUT2D eigenvalue weighted by Gasteiger charge is 2.40. The number of carbonyl (C=O) groups is 3. The van der Waals surface area contributed by atoms with E-state index in [0.717, 1.165) is 68.7 Å². The molecule has 3 amide bonds. The maximum atomic E-state index is 13.6. The van der Waals surface area contributed by atoms with E-state index in [0.29, 0.717) is 16.9 Å². The first kappa shape index (κ1) is 23.7. The average molecular weight is 493 g/mol. The van der Waals surface area contributed by atoms with Gasteiger partial charge in [-0.1, -0.05) is 6.07 Å². The second kappa shape index (κ2) is 10.3. The van der Waals surface area contributed by atoms with Crippen molar-refractivity contribution in [1.82, 2.24) is 4.90 Å². The zero-order valence-electron chi connectivity index (χ0n) is 20.2. The van der Waals surface area contributed by atoms with Gasteiger partial charge in [0, 0.05) is 35.8 Å². The number of rotatable bonds is 5. The van der Waals surface area contributed by atoms with E-state index in [9.17, 15) is 14.4 Å². The summed E-state index contributed by atoms with van der Waals surface area (Å²) in [5.41, 5.74) is 2.87. The molecule has 0 unspecified atom stereocenters. The van der Waals surface area contributed by atoms with Crippen LogP contribution in [0.15, 0.2) is 47.4 Å². The number of hydrogen-bond donors (Lipinski definition) is 1. The molecule has 0 aliphatic carbocycles. The Balaban J connectivity index is 1.44. The minimum absolute atomic E-state index is 0.000927. The van der Waals surface area contributed by atoms with Gasteiger partial charge in [-0.05, 0) is 81.2 Å². The number of likely N-dealkylation sites (tertiary alicyclic amines) is 1. The molecule has 0 aromatic heterocycles. The molecule has 0 saturated carbocycles. The number of amides is 3. The van der Waals surface area contributed by atoms with Gasteiger partial charge in [0.15, 0.2) is 0 Å². The lowest BCUT2D eigenvalue weighted by Gasteiger charge is -2.45. The summed E-state index contributed by atoms with van der Waals surface area (Å²) in [4.78, 5) is 46.6. The Morgan fingerprint density at radius 3 is 2.57 bits per heavy atom. The number of nitrogens with zero attached hydrogens (tertiary/aromatic N) is 3. The molecule has 0 bridgehead atoms. The zero-order chi connectivity index (χ0) is 24.4. The van der Waals surface area contributed by atoms with E-state index in [-0.39, 0.29) is 30.3 Å². The van der Waals surface area contributed by atoms with Crippen LogP contribution < -0.4 is 15.1 Å². The van der Waals surface area contributed by atoms with Gasteiger partial charge in [0.05, 0.1) is 11.4 Å². The molecule has 0 radical (unpaired) electrons. The molecule has 35 heavy (non-hydrogen) atoms. The van der Waals surface area contributed by atoms with Crippen molar-refractivity contribution in [3.8, 4) is 0 Å². The van der Waals surface area contributed by atoms with Gasteiger partial charge in [0.25, 0.3) is 5.91 Å². The smallest absolute Gasteiger partial charge is 0.253 e. The van der Waals surface area contributed by atoms with Crippen LogP contribution in [0.25, 0.3) is 0 Å². The molecular weight excluding hydrogens is 460 g/mol. The Bertz CT molecular complexity index is 1130. The largest absolute Gasteiger partial charge is 0.358 e. The average Bonchev–Trinajstić information content (AvgIpc) is 2.91. The van der Waals surface area contributed by atoms with E-state index in [1.54, 1.807) is 16.7 Å². The van der Waals surface area contributed by atoms with E-state index >= 15 is 0 Å². The van der Waals surface area contributed by atoms with Gasteiger partial charge in [-0.15, -0.1) is 11.8 Å². The molecule has 2 fully saturated rings. The molecule has 3 aliphatic rings. The van der Waals surface area contributed by atoms with Crippen LogP contribution in [0, 0.1) is 0 Å². The highest BCUT2D eigenvalue weighted by molar-refractivity contribution is 7.98. The third kappa shape index (κ3) is 4.89. The van der Waals surface area contributed by atoms with Crippen LogP contribution >= 0.6 is 11.8 Å².